The van der Waals surface area contributed by atoms with E-state index in [1.165, 1.54) is 53.6 Å². The molecule has 1 aliphatic heterocycles. The van der Waals surface area contributed by atoms with Gasteiger partial charge in [-0.05, 0) is 64.7 Å². The molecule has 6 aromatic carbocycles. The average Bonchev–Trinajstić information content (AvgIpc) is 3.57. The molecule has 0 saturated heterocycles. The Kier molecular flexibility index (Phi) is 4.86. The normalized spacial score (nSPS) is 13.9. The van der Waals surface area contributed by atoms with E-state index in [-0.39, 0.29) is 5.41 Å². The molecule has 0 N–H and O–H groups in total. The maximum atomic E-state index is 6.41. The van der Waals surface area contributed by atoms with Gasteiger partial charge in [0.05, 0.1) is 0 Å². The third kappa shape index (κ3) is 3.44. The lowest BCUT2D eigenvalue weighted by Gasteiger charge is -2.34. The zero-order valence-electron chi connectivity index (χ0n) is 23.3. The predicted molar refractivity (Wildman–Crippen MR) is 176 cm³/mol. The van der Waals surface area contributed by atoms with Crippen molar-refractivity contribution in [2.45, 2.75) is 19.3 Å². The largest absolute Gasteiger partial charge is 0.457 e. The Labute approximate surface area is 247 Å². The molecular formula is C39H26O2S. The summed E-state index contributed by atoms with van der Waals surface area (Å²) in [6.07, 6.45) is 0. The summed E-state index contributed by atoms with van der Waals surface area (Å²) in [4.78, 5) is 0. The molecule has 0 radical (unpaired) electrons. The molecule has 0 atom stereocenters. The Morgan fingerprint density at radius 1 is 0.476 bits per heavy atom. The Hall–Kier alpha value is -4.86. The third-order valence-electron chi connectivity index (χ3n) is 8.95. The van der Waals surface area contributed by atoms with Gasteiger partial charge in [-0.1, -0.05) is 92.7 Å². The van der Waals surface area contributed by atoms with Crippen LogP contribution in [0.5, 0.6) is 11.5 Å². The van der Waals surface area contributed by atoms with Crippen LogP contribution in [0, 0.1) is 0 Å². The summed E-state index contributed by atoms with van der Waals surface area (Å²) in [5, 5.41) is 4.91. The van der Waals surface area contributed by atoms with Gasteiger partial charge in [-0.15, -0.1) is 11.3 Å². The lowest BCUT2D eigenvalue weighted by atomic mass is 9.75. The highest BCUT2D eigenvalue weighted by atomic mass is 32.1. The Bertz CT molecular complexity index is 2370. The molecule has 3 heteroatoms. The third-order valence-corrected chi connectivity index (χ3v) is 10.1. The van der Waals surface area contributed by atoms with E-state index in [0.717, 1.165) is 33.4 Å². The van der Waals surface area contributed by atoms with E-state index in [0.29, 0.717) is 0 Å². The second-order valence-electron chi connectivity index (χ2n) is 11.8. The van der Waals surface area contributed by atoms with Crippen LogP contribution in [-0.4, -0.2) is 0 Å². The van der Waals surface area contributed by atoms with Crippen LogP contribution in [0.15, 0.2) is 126 Å². The van der Waals surface area contributed by atoms with Crippen LogP contribution in [0.1, 0.15) is 25.0 Å². The molecule has 2 aromatic heterocycles. The minimum atomic E-state index is -0.106. The summed E-state index contributed by atoms with van der Waals surface area (Å²) < 4.78 is 15.1. The first kappa shape index (κ1) is 23.8. The van der Waals surface area contributed by atoms with Gasteiger partial charge >= 0.3 is 0 Å². The quantitative estimate of drug-likeness (QED) is 0.211. The van der Waals surface area contributed by atoms with Crippen molar-refractivity contribution in [2.75, 3.05) is 0 Å². The van der Waals surface area contributed by atoms with Crippen molar-refractivity contribution in [3.05, 3.63) is 132 Å². The Morgan fingerprint density at radius 2 is 1.05 bits per heavy atom. The number of furan rings is 1. The number of fused-ring (bicyclic) bond motifs is 8. The predicted octanol–water partition coefficient (Wildman–Crippen LogP) is 11.7. The SMILES string of the molecule is CC1(C)c2ccccc2Oc2cc(-c3ccc4c(c3)sc3cc(-c5ccc6c(c5)oc5ccccc56)ccc34)ccc21. The van der Waals surface area contributed by atoms with Crippen LogP contribution < -0.4 is 4.74 Å². The van der Waals surface area contributed by atoms with Crippen LogP contribution in [-0.2, 0) is 5.41 Å². The lowest BCUT2D eigenvalue weighted by molar-refractivity contribution is 0.418. The van der Waals surface area contributed by atoms with Crippen molar-refractivity contribution in [2.24, 2.45) is 0 Å². The van der Waals surface area contributed by atoms with Crippen LogP contribution >= 0.6 is 11.3 Å². The first-order chi connectivity index (χ1) is 20.5. The van der Waals surface area contributed by atoms with E-state index < -0.39 is 0 Å². The highest BCUT2D eigenvalue weighted by Gasteiger charge is 2.34. The van der Waals surface area contributed by atoms with Crippen molar-refractivity contribution in [1.29, 1.82) is 0 Å². The highest BCUT2D eigenvalue weighted by molar-refractivity contribution is 7.25. The second kappa shape index (κ2) is 8.58. The average molecular weight is 559 g/mol. The summed E-state index contributed by atoms with van der Waals surface area (Å²) in [6.45, 7) is 4.55. The minimum absolute atomic E-state index is 0.106. The number of rotatable bonds is 2. The summed E-state index contributed by atoms with van der Waals surface area (Å²) in [5.41, 5.74) is 8.94. The Balaban J connectivity index is 1.10. The van der Waals surface area contributed by atoms with Crippen molar-refractivity contribution < 1.29 is 9.15 Å². The van der Waals surface area contributed by atoms with Gasteiger partial charge in [-0.2, -0.15) is 0 Å². The number of hydrogen-bond acceptors (Lipinski definition) is 3. The number of para-hydroxylation sites is 2. The molecule has 0 aliphatic carbocycles. The number of ether oxygens (including phenoxy) is 1. The molecule has 0 unspecified atom stereocenters. The summed E-state index contributed by atoms with van der Waals surface area (Å²) in [7, 11) is 0. The Morgan fingerprint density at radius 3 is 1.83 bits per heavy atom. The van der Waals surface area contributed by atoms with Crippen LogP contribution in [0.25, 0.3) is 64.4 Å². The minimum Gasteiger partial charge on any atom is -0.457 e. The molecule has 200 valence electrons. The fraction of sp³-hybridized carbons (Fsp3) is 0.0769. The molecular weight excluding hydrogens is 532 g/mol. The molecule has 0 saturated carbocycles. The van der Waals surface area contributed by atoms with Gasteiger partial charge in [0, 0.05) is 47.5 Å². The molecule has 0 fully saturated rings. The van der Waals surface area contributed by atoms with Gasteiger partial charge in [0.25, 0.3) is 0 Å². The van der Waals surface area contributed by atoms with E-state index in [1.54, 1.807) is 0 Å². The van der Waals surface area contributed by atoms with Gasteiger partial charge in [0.1, 0.15) is 22.7 Å². The summed E-state index contributed by atoms with van der Waals surface area (Å²) in [6, 6.07) is 43.5. The smallest absolute Gasteiger partial charge is 0.136 e. The molecule has 0 bridgehead atoms. The monoisotopic (exact) mass is 558 g/mol. The van der Waals surface area contributed by atoms with E-state index >= 15 is 0 Å². The molecule has 0 amide bonds. The molecule has 9 rings (SSSR count). The van der Waals surface area contributed by atoms with Gasteiger partial charge in [-0.3, -0.25) is 0 Å². The van der Waals surface area contributed by atoms with Crippen molar-refractivity contribution in [3.63, 3.8) is 0 Å². The number of benzene rings is 6. The standard InChI is InChI=1S/C39H26O2S/c1-39(2)31-8-4-6-10-34(31)41-36-20-24(14-18-32(36)39)26-13-17-30-29-16-12-25(21-37(29)42-38(30)22-26)23-11-15-28-27-7-3-5-9-33(27)40-35(28)19-23/h3-22H,1-2H3. The molecule has 3 heterocycles. The van der Waals surface area contributed by atoms with Gasteiger partial charge in [-0.25, -0.2) is 0 Å². The van der Waals surface area contributed by atoms with E-state index in [9.17, 15) is 0 Å². The number of hydrogen-bond donors (Lipinski definition) is 0. The van der Waals surface area contributed by atoms with Crippen LogP contribution in [0.2, 0.25) is 0 Å². The topological polar surface area (TPSA) is 22.4 Å². The van der Waals surface area contributed by atoms with Crippen molar-refractivity contribution >= 4 is 53.4 Å². The first-order valence-corrected chi connectivity index (χ1v) is 15.1. The van der Waals surface area contributed by atoms with Crippen LogP contribution in [0.3, 0.4) is 0 Å². The molecule has 42 heavy (non-hydrogen) atoms. The zero-order valence-corrected chi connectivity index (χ0v) is 24.1. The van der Waals surface area contributed by atoms with E-state index in [2.05, 4.69) is 117 Å². The van der Waals surface area contributed by atoms with E-state index in [4.69, 9.17) is 9.15 Å². The molecule has 8 aromatic rings. The molecule has 0 spiro atoms. The maximum Gasteiger partial charge on any atom is 0.136 e. The maximum absolute atomic E-state index is 6.41. The summed E-state index contributed by atoms with van der Waals surface area (Å²) >= 11 is 1.85. The number of thiophene rings is 1. The molecule has 2 nitrogen and oxygen atoms in total. The summed E-state index contributed by atoms with van der Waals surface area (Å²) in [5.74, 6) is 1.89. The first-order valence-electron chi connectivity index (χ1n) is 14.3. The molecule has 1 aliphatic rings. The lowest BCUT2D eigenvalue weighted by Crippen LogP contribution is -2.24. The highest BCUT2D eigenvalue weighted by Crippen LogP contribution is 2.49. The van der Waals surface area contributed by atoms with Gasteiger partial charge in [0.2, 0.25) is 0 Å². The second-order valence-corrected chi connectivity index (χ2v) is 12.9. The fourth-order valence-corrected chi connectivity index (χ4v) is 7.86. The van der Waals surface area contributed by atoms with Gasteiger partial charge in [0.15, 0.2) is 0 Å². The zero-order chi connectivity index (χ0) is 28.0. The fourth-order valence-electron chi connectivity index (χ4n) is 6.68. The van der Waals surface area contributed by atoms with Crippen molar-refractivity contribution in [1.82, 2.24) is 0 Å². The van der Waals surface area contributed by atoms with Gasteiger partial charge < -0.3 is 9.15 Å². The van der Waals surface area contributed by atoms with Crippen molar-refractivity contribution in [3.8, 4) is 33.8 Å². The van der Waals surface area contributed by atoms with E-state index in [1.807, 2.05) is 29.5 Å². The van der Waals surface area contributed by atoms with Crippen LogP contribution in [0.4, 0.5) is 0 Å².